The van der Waals surface area contributed by atoms with Gasteiger partial charge in [0, 0.05) is 5.33 Å². The number of carboxylic acids is 1. The van der Waals surface area contributed by atoms with E-state index in [2.05, 4.69) is 15.9 Å². The van der Waals surface area contributed by atoms with Gasteiger partial charge in [-0.1, -0.05) is 34.1 Å². The van der Waals surface area contributed by atoms with Gasteiger partial charge in [0.25, 0.3) is 0 Å². The van der Waals surface area contributed by atoms with Gasteiger partial charge in [-0.15, -0.1) is 0 Å². The third-order valence-corrected chi connectivity index (χ3v) is 2.28. The number of halogens is 1. The molecule has 0 saturated heterocycles. The van der Waals surface area contributed by atoms with Gasteiger partial charge in [-0.05, 0) is 30.2 Å². The fourth-order valence-corrected chi connectivity index (χ4v) is 1.35. The third kappa shape index (κ3) is 2.70. The summed E-state index contributed by atoms with van der Waals surface area (Å²) >= 11 is 3.29. The van der Waals surface area contributed by atoms with Crippen LogP contribution in [0, 0.1) is 6.92 Å². The van der Waals surface area contributed by atoms with Gasteiger partial charge in [0.2, 0.25) is 0 Å². The molecule has 0 aliphatic carbocycles. The van der Waals surface area contributed by atoms with Crippen LogP contribution in [0.15, 0.2) is 24.3 Å². The minimum atomic E-state index is -0.885. The molecule has 0 aliphatic heterocycles. The molecule has 1 aromatic rings. The monoisotopic (exact) mass is 254 g/mol. The molecule has 1 aromatic carbocycles. The smallest absolute Gasteiger partial charge is 0.335 e. The molecule has 1 N–H and O–H groups in total. The van der Waals surface area contributed by atoms with E-state index in [0.717, 1.165) is 16.5 Å². The number of aryl methyl sites for hydroxylation is 1. The Morgan fingerprint density at radius 2 is 2.29 bits per heavy atom. The summed E-state index contributed by atoms with van der Waals surface area (Å²) in [6, 6.07) is 5.11. The molecule has 0 atom stereocenters. The van der Waals surface area contributed by atoms with Crippen molar-refractivity contribution in [1.29, 1.82) is 0 Å². The summed E-state index contributed by atoms with van der Waals surface area (Å²) in [7, 11) is 0. The Bertz CT molecular complexity index is 370. The Labute approximate surface area is 91.4 Å². The summed E-state index contributed by atoms with van der Waals surface area (Å²) in [6.45, 7) is 1.90. The first-order chi connectivity index (χ1) is 6.65. The van der Waals surface area contributed by atoms with Gasteiger partial charge in [-0.3, -0.25) is 0 Å². The highest BCUT2D eigenvalue weighted by atomic mass is 79.9. The molecule has 3 heteroatoms. The number of aromatic carboxylic acids is 1. The summed E-state index contributed by atoms with van der Waals surface area (Å²) < 4.78 is 0. The first-order valence-electron chi connectivity index (χ1n) is 4.21. The molecule has 2 nitrogen and oxygen atoms in total. The topological polar surface area (TPSA) is 37.3 Å². The predicted molar refractivity (Wildman–Crippen MR) is 61.0 cm³/mol. The lowest BCUT2D eigenvalue weighted by Gasteiger charge is -2.01. The molecule has 0 aliphatic rings. The average molecular weight is 255 g/mol. The van der Waals surface area contributed by atoms with E-state index in [-0.39, 0.29) is 0 Å². The molecular weight excluding hydrogens is 244 g/mol. The van der Waals surface area contributed by atoms with Gasteiger partial charge in [-0.25, -0.2) is 4.79 Å². The number of allylic oxidation sites excluding steroid dienone is 1. The Hall–Kier alpha value is -1.09. The zero-order valence-electron chi connectivity index (χ0n) is 7.83. The first-order valence-corrected chi connectivity index (χ1v) is 5.33. The molecule has 0 bridgehead atoms. The van der Waals surface area contributed by atoms with Crippen molar-refractivity contribution in [3.63, 3.8) is 0 Å². The molecule has 0 amide bonds. The van der Waals surface area contributed by atoms with Crippen LogP contribution < -0.4 is 0 Å². The number of carboxylic acid groups (broad SMARTS) is 1. The third-order valence-electron chi connectivity index (χ3n) is 1.90. The van der Waals surface area contributed by atoms with Crippen molar-refractivity contribution in [1.82, 2.24) is 0 Å². The lowest BCUT2D eigenvalue weighted by molar-refractivity contribution is 0.0697. The number of rotatable bonds is 3. The lowest BCUT2D eigenvalue weighted by Crippen LogP contribution is -1.96. The van der Waals surface area contributed by atoms with E-state index in [4.69, 9.17) is 5.11 Å². The molecule has 0 saturated carbocycles. The molecule has 0 heterocycles. The molecule has 0 aromatic heterocycles. The number of hydrogen-bond donors (Lipinski definition) is 1. The van der Waals surface area contributed by atoms with E-state index < -0.39 is 5.97 Å². The standard InChI is InChI=1S/C11H11BrO2/c1-8-7-10(11(13)14)5-4-9(8)3-2-6-12/h2-5,7H,6H2,1H3,(H,13,14). The number of benzene rings is 1. The van der Waals surface area contributed by atoms with E-state index >= 15 is 0 Å². The molecule has 1 rings (SSSR count). The van der Waals surface area contributed by atoms with E-state index in [1.165, 1.54) is 0 Å². The maximum atomic E-state index is 10.7. The molecule has 14 heavy (non-hydrogen) atoms. The predicted octanol–water partition coefficient (Wildman–Crippen LogP) is 3.10. The molecule has 74 valence electrons. The van der Waals surface area contributed by atoms with Crippen molar-refractivity contribution in [2.75, 3.05) is 5.33 Å². The lowest BCUT2D eigenvalue weighted by atomic mass is 10.0. The highest BCUT2D eigenvalue weighted by Gasteiger charge is 2.03. The van der Waals surface area contributed by atoms with Crippen molar-refractivity contribution in [3.05, 3.63) is 41.0 Å². The van der Waals surface area contributed by atoms with Crippen LogP contribution in [0.4, 0.5) is 0 Å². The summed E-state index contributed by atoms with van der Waals surface area (Å²) in [4.78, 5) is 10.7. The van der Waals surface area contributed by atoms with Gasteiger partial charge >= 0.3 is 5.97 Å². The molecule has 0 fully saturated rings. The van der Waals surface area contributed by atoms with E-state index in [0.29, 0.717) is 5.56 Å². The van der Waals surface area contributed by atoms with E-state index in [9.17, 15) is 4.79 Å². The minimum absolute atomic E-state index is 0.332. The van der Waals surface area contributed by atoms with Crippen LogP contribution >= 0.6 is 15.9 Å². The molecule has 0 spiro atoms. The van der Waals surface area contributed by atoms with Crippen LogP contribution in [-0.2, 0) is 0 Å². The summed E-state index contributed by atoms with van der Waals surface area (Å²) in [6.07, 6.45) is 3.94. The fraction of sp³-hybridized carbons (Fsp3) is 0.182. The quantitative estimate of drug-likeness (QED) is 0.842. The van der Waals surface area contributed by atoms with Gasteiger partial charge in [0.05, 0.1) is 5.56 Å². The number of carbonyl (C=O) groups is 1. The van der Waals surface area contributed by atoms with Crippen molar-refractivity contribution in [2.24, 2.45) is 0 Å². The van der Waals surface area contributed by atoms with Gasteiger partial charge in [0.1, 0.15) is 0 Å². The largest absolute Gasteiger partial charge is 0.478 e. The summed E-state index contributed by atoms with van der Waals surface area (Å²) in [5, 5.41) is 9.55. The molecule has 0 radical (unpaired) electrons. The van der Waals surface area contributed by atoms with Crippen molar-refractivity contribution < 1.29 is 9.90 Å². The Balaban J connectivity index is 3.01. The summed E-state index contributed by atoms with van der Waals surface area (Å²) in [5.74, 6) is -0.885. The zero-order valence-corrected chi connectivity index (χ0v) is 9.41. The highest BCUT2D eigenvalue weighted by molar-refractivity contribution is 9.09. The number of hydrogen-bond acceptors (Lipinski definition) is 1. The van der Waals surface area contributed by atoms with Gasteiger partial charge in [0.15, 0.2) is 0 Å². The normalized spacial score (nSPS) is 10.7. The highest BCUT2D eigenvalue weighted by Crippen LogP contribution is 2.13. The van der Waals surface area contributed by atoms with Crippen LogP contribution in [0.25, 0.3) is 6.08 Å². The van der Waals surface area contributed by atoms with Crippen LogP contribution in [0.1, 0.15) is 21.5 Å². The fourth-order valence-electron chi connectivity index (χ4n) is 1.17. The maximum Gasteiger partial charge on any atom is 0.335 e. The Morgan fingerprint density at radius 3 is 2.79 bits per heavy atom. The van der Waals surface area contributed by atoms with Crippen LogP contribution in [0.3, 0.4) is 0 Å². The van der Waals surface area contributed by atoms with Gasteiger partial charge < -0.3 is 5.11 Å². The minimum Gasteiger partial charge on any atom is -0.478 e. The van der Waals surface area contributed by atoms with Gasteiger partial charge in [-0.2, -0.15) is 0 Å². The average Bonchev–Trinajstić information content (AvgIpc) is 2.15. The van der Waals surface area contributed by atoms with Crippen molar-refractivity contribution >= 4 is 28.0 Å². The zero-order chi connectivity index (χ0) is 10.6. The van der Waals surface area contributed by atoms with E-state index in [1.54, 1.807) is 12.1 Å². The van der Waals surface area contributed by atoms with Crippen LogP contribution in [0.5, 0.6) is 0 Å². The summed E-state index contributed by atoms with van der Waals surface area (Å²) in [5.41, 5.74) is 2.36. The Morgan fingerprint density at radius 1 is 1.57 bits per heavy atom. The van der Waals surface area contributed by atoms with E-state index in [1.807, 2.05) is 25.1 Å². The first kappa shape index (κ1) is 11.0. The second-order valence-corrected chi connectivity index (χ2v) is 3.58. The van der Waals surface area contributed by atoms with Crippen molar-refractivity contribution in [3.8, 4) is 0 Å². The molecular formula is C11H11BrO2. The number of alkyl halides is 1. The SMILES string of the molecule is Cc1cc(C(=O)O)ccc1C=CCBr. The Kier molecular flexibility index (Phi) is 3.89. The van der Waals surface area contributed by atoms with Crippen LogP contribution in [0.2, 0.25) is 0 Å². The molecule has 0 unspecified atom stereocenters. The maximum absolute atomic E-state index is 10.7. The second-order valence-electron chi connectivity index (χ2n) is 2.93. The van der Waals surface area contributed by atoms with Crippen molar-refractivity contribution in [2.45, 2.75) is 6.92 Å². The van der Waals surface area contributed by atoms with Crippen LogP contribution in [-0.4, -0.2) is 16.4 Å². The second kappa shape index (κ2) is 4.96.